The SMILES string of the molecule is C=C\C=C(/C=C\C=C/C)C(=O)Oc1cccc(OCC)c1. The molecule has 0 N–H and O–H groups in total. The molecule has 0 aromatic heterocycles. The first-order valence-electron chi connectivity index (χ1n) is 6.78. The third-order valence-corrected chi connectivity index (χ3v) is 2.44. The summed E-state index contributed by atoms with van der Waals surface area (Å²) in [5.74, 6) is 0.672. The Bertz CT molecular complexity index is 566. The molecule has 0 unspecified atom stereocenters. The highest BCUT2D eigenvalue weighted by molar-refractivity contribution is 5.93. The third-order valence-electron chi connectivity index (χ3n) is 2.44. The van der Waals surface area contributed by atoms with Gasteiger partial charge in [-0.2, -0.15) is 0 Å². The Morgan fingerprint density at radius 2 is 2.05 bits per heavy atom. The minimum absolute atomic E-state index is 0.421. The van der Waals surface area contributed by atoms with Crippen molar-refractivity contribution >= 4 is 5.97 Å². The van der Waals surface area contributed by atoms with Gasteiger partial charge in [0, 0.05) is 6.07 Å². The minimum atomic E-state index is -0.440. The van der Waals surface area contributed by atoms with Crippen LogP contribution in [0.25, 0.3) is 0 Å². The zero-order chi connectivity index (χ0) is 15.5. The van der Waals surface area contributed by atoms with Crippen LogP contribution in [0.5, 0.6) is 11.5 Å². The standard InChI is InChI=1S/C18H20O3/c1-4-7-8-11-15(10-5-2)18(19)21-17-13-9-12-16(14-17)20-6-3/h4-5,7-14H,2,6H2,1,3H3/b7-4-,11-8-,15-10+. The number of esters is 1. The number of carbonyl (C=O) groups is 1. The van der Waals surface area contributed by atoms with E-state index in [-0.39, 0.29) is 0 Å². The second-order valence-electron chi connectivity index (χ2n) is 4.04. The van der Waals surface area contributed by atoms with E-state index in [0.29, 0.717) is 23.7 Å². The van der Waals surface area contributed by atoms with Crippen molar-refractivity contribution in [2.24, 2.45) is 0 Å². The zero-order valence-electron chi connectivity index (χ0n) is 12.4. The second-order valence-corrected chi connectivity index (χ2v) is 4.04. The monoisotopic (exact) mass is 284 g/mol. The second kappa shape index (κ2) is 9.37. The molecule has 3 nitrogen and oxygen atoms in total. The summed E-state index contributed by atoms with van der Waals surface area (Å²) in [6.45, 7) is 7.96. The molecule has 0 aliphatic heterocycles. The fourth-order valence-electron chi connectivity index (χ4n) is 1.55. The van der Waals surface area contributed by atoms with Crippen LogP contribution in [0, 0.1) is 0 Å². The van der Waals surface area contributed by atoms with Gasteiger partial charge in [-0.15, -0.1) is 0 Å². The number of rotatable bonds is 7. The summed E-state index contributed by atoms with van der Waals surface area (Å²) >= 11 is 0. The highest BCUT2D eigenvalue weighted by atomic mass is 16.5. The summed E-state index contributed by atoms with van der Waals surface area (Å²) in [5.41, 5.74) is 0.421. The molecule has 110 valence electrons. The average molecular weight is 284 g/mol. The van der Waals surface area contributed by atoms with E-state index in [1.807, 2.05) is 32.1 Å². The van der Waals surface area contributed by atoms with Gasteiger partial charge < -0.3 is 9.47 Å². The summed E-state index contributed by atoms with van der Waals surface area (Å²) in [6, 6.07) is 6.98. The highest BCUT2D eigenvalue weighted by Crippen LogP contribution is 2.20. The van der Waals surface area contributed by atoms with Crippen molar-refractivity contribution in [3.8, 4) is 11.5 Å². The van der Waals surface area contributed by atoms with Gasteiger partial charge in [0.05, 0.1) is 12.2 Å². The molecule has 1 rings (SSSR count). The van der Waals surface area contributed by atoms with Gasteiger partial charge in [0.2, 0.25) is 0 Å². The van der Waals surface area contributed by atoms with Crippen molar-refractivity contribution in [3.05, 3.63) is 72.9 Å². The van der Waals surface area contributed by atoms with Crippen LogP contribution in [-0.2, 0) is 4.79 Å². The van der Waals surface area contributed by atoms with E-state index in [1.165, 1.54) is 0 Å². The Kier molecular flexibility index (Phi) is 7.36. The predicted molar refractivity (Wildman–Crippen MR) is 85.5 cm³/mol. The van der Waals surface area contributed by atoms with Crippen LogP contribution < -0.4 is 9.47 Å². The molecule has 0 amide bonds. The lowest BCUT2D eigenvalue weighted by Crippen LogP contribution is -2.10. The quantitative estimate of drug-likeness (QED) is 0.325. The van der Waals surface area contributed by atoms with Crippen LogP contribution in [0.1, 0.15) is 13.8 Å². The van der Waals surface area contributed by atoms with E-state index in [0.717, 1.165) is 0 Å². The Balaban J connectivity index is 2.84. The summed E-state index contributed by atoms with van der Waals surface area (Å²) in [4.78, 5) is 12.1. The van der Waals surface area contributed by atoms with Gasteiger partial charge in [0.25, 0.3) is 0 Å². The first-order valence-corrected chi connectivity index (χ1v) is 6.78. The molecule has 0 spiro atoms. The number of hydrogen-bond acceptors (Lipinski definition) is 3. The molecule has 0 radical (unpaired) electrons. The van der Waals surface area contributed by atoms with Gasteiger partial charge in [-0.1, -0.05) is 36.9 Å². The van der Waals surface area contributed by atoms with Gasteiger partial charge in [-0.25, -0.2) is 4.79 Å². The van der Waals surface area contributed by atoms with Gasteiger partial charge in [-0.3, -0.25) is 0 Å². The van der Waals surface area contributed by atoms with E-state index in [9.17, 15) is 4.79 Å². The van der Waals surface area contributed by atoms with E-state index >= 15 is 0 Å². The molecular weight excluding hydrogens is 264 g/mol. The largest absolute Gasteiger partial charge is 0.494 e. The number of allylic oxidation sites excluding steroid dienone is 5. The van der Waals surface area contributed by atoms with Crippen molar-refractivity contribution in [2.75, 3.05) is 6.61 Å². The normalized spacial score (nSPS) is 11.8. The lowest BCUT2D eigenvalue weighted by Gasteiger charge is -2.07. The Morgan fingerprint density at radius 1 is 1.29 bits per heavy atom. The van der Waals surface area contributed by atoms with Crippen molar-refractivity contribution in [2.45, 2.75) is 13.8 Å². The third kappa shape index (κ3) is 5.95. The molecule has 1 aromatic carbocycles. The molecule has 3 heteroatoms. The molecule has 0 aliphatic rings. The Labute approximate surface area is 125 Å². The molecule has 0 heterocycles. The van der Waals surface area contributed by atoms with Gasteiger partial charge in [-0.05, 0) is 38.1 Å². The lowest BCUT2D eigenvalue weighted by atomic mass is 10.2. The van der Waals surface area contributed by atoms with E-state index in [1.54, 1.807) is 42.5 Å². The van der Waals surface area contributed by atoms with Gasteiger partial charge in [0.1, 0.15) is 11.5 Å². The zero-order valence-corrected chi connectivity index (χ0v) is 12.4. The molecule has 21 heavy (non-hydrogen) atoms. The van der Waals surface area contributed by atoms with E-state index in [4.69, 9.17) is 9.47 Å². The maximum atomic E-state index is 12.1. The summed E-state index contributed by atoms with van der Waals surface area (Å²) in [5, 5.41) is 0. The van der Waals surface area contributed by atoms with Crippen LogP contribution in [0.3, 0.4) is 0 Å². The lowest BCUT2D eigenvalue weighted by molar-refractivity contribution is -0.129. The molecule has 1 aromatic rings. The van der Waals surface area contributed by atoms with E-state index in [2.05, 4.69) is 6.58 Å². The molecular formula is C18H20O3. The summed E-state index contributed by atoms with van der Waals surface area (Å²) in [6.07, 6.45) is 10.3. The molecule has 0 atom stereocenters. The smallest absolute Gasteiger partial charge is 0.343 e. The van der Waals surface area contributed by atoms with E-state index < -0.39 is 5.97 Å². The molecule has 0 saturated heterocycles. The van der Waals surface area contributed by atoms with Crippen molar-refractivity contribution in [3.63, 3.8) is 0 Å². The maximum absolute atomic E-state index is 12.1. The fraction of sp³-hybridized carbons (Fsp3) is 0.167. The van der Waals surface area contributed by atoms with Crippen LogP contribution in [-0.4, -0.2) is 12.6 Å². The highest BCUT2D eigenvalue weighted by Gasteiger charge is 2.09. The van der Waals surface area contributed by atoms with Crippen molar-refractivity contribution in [1.29, 1.82) is 0 Å². The molecule has 0 bridgehead atoms. The van der Waals surface area contributed by atoms with Crippen LogP contribution >= 0.6 is 0 Å². The van der Waals surface area contributed by atoms with Crippen LogP contribution in [0.2, 0.25) is 0 Å². The number of ether oxygens (including phenoxy) is 2. The van der Waals surface area contributed by atoms with Gasteiger partial charge in [0.15, 0.2) is 0 Å². The summed E-state index contributed by atoms with van der Waals surface area (Å²) in [7, 11) is 0. The topological polar surface area (TPSA) is 35.5 Å². The summed E-state index contributed by atoms with van der Waals surface area (Å²) < 4.78 is 10.7. The number of carbonyl (C=O) groups excluding carboxylic acids is 1. The van der Waals surface area contributed by atoms with Crippen LogP contribution in [0.4, 0.5) is 0 Å². The molecule has 0 fully saturated rings. The maximum Gasteiger partial charge on any atom is 0.343 e. The molecule has 0 aliphatic carbocycles. The fourth-order valence-corrected chi connectivity index (χ4v) is 1.55. The Morgan fingerprint density at radius 3 is 2.71 bits per heavy atom. The Hall–Kier alpha value is -2.55. The van der Waals surface area contributed by atoms with Crippen molar-refractivity contribution < 1.29 is 14.3 Å². The molecule has 0 saturated carbocycles. The predicted octanol–water partition coefficient (Wildman–Crippen LogP) is 4.24. The van der Waals surface area contributed by atoms with Crippen molar-refractivity contribution in [1.82, 2.24) is 0 Å². The van der Waals surface area contributed by atoms with Crippen LogP contribution in [0.15, 0.2) is 72.9 Å². The first-order chi connectivity index (χ1) is 10.2. The average Bonchev–Trinajstić information content (AvgIpc) is 2.47. The van der Waals surface area contributed by atoms with Gasteiger partial charge >= 0.3 is 5.97 Å². The number of hydrogen-bond donors (Lipinski definition) is 0. The minimum Gasteiger partial charge on any atom is -0.494 e. The first kappa shape index (κ1) is 16.5. The number of benzene rings is 1.